The van der Waals surface area contributed by atoms with E-state index in [1.807, 2.05) is 30.3 Å². The van der Waals surface area contributed by atoms with Crippen LogP contribution in [-0.2, 0) is 11.2 Å². The molecule has 23 heavy (non-hydrogen) atoms. The highest BCUT2D eigenvalue weighted by Gasteiger charge is 2.33. The number of carboxylic acids is 1. The standard InChI is InChI=1S/C18H21N3O2/c22-18(23)16(8-7-14-5-2-1-3-6-14)21-12-9-15(13-21)17-19-10-4-11-20-17/h1-6,10-11,15-16H,7-9,12-13H2,(H,22,23). The van der Waals surface area contributed by atoms with Gasteiger partial charge in [0.2, 0.25) is 0 Å². The molecule has 2 heterocycles. The Hall–Kier alpha value is -2.27. The van der Waals surface area contributed by atoms with Crippen LogP contribution in [0, 0.1) is 0 Å². The smallest absolute Gasteiger partial charge is 0.320 e. The first-order valence-electron chi connectivity index (χ1n) is 8.01. The minimum atomic E-state index is -0.740. The Morgan fingerprint density at radius 3 is 2.65 bits per heavy atom. The van der Waals surface area contributed by atoms with Crippen LogP contribution in [0.5, 0.6) is 0 Å². The lowest BCUT2D eigenvalue weighted by molar-refractivity contribution is -0.143. The number of carbonyl (C=O) groups is 1. The van der Waals surface area contributed by atoms with Crippen LogP contribution in [0.15, 0.2) is 48.8 Å². The molecular formula is C18H21N3O2. The molecule has 3 rings (SSSR count). The fraction of sp³-hybridized carbons (Fsp3) is 0.389. The first kappa shape index (κ1) is 15.6. The number of likely N-dealkylation sites (tertiary alicyclic amines) is 1. The fourth-order valence-corrected chi connectivity index (χ4v) is 3.21. The van der Waals surface area contributed by atoms with E-state index in [1.54, 1.807) is 18.5 Å². The summed E-state index contributed by atoms with van der Waals surface area (Å²) >= 11 is 0. The van der Waals surface area contributed by atoms with Crippen LogP contribution in [0.3, 0.4) is 0 Å². The molecule has 1 aliphatic heterocycles. The summed E-state index contributed by atoms with van der Waals surface area (Å²) in [4.78, 5) is 22.4. The van der Waals surface area contributed by atoms with Gasteiger partial charge in [-0.1, -0.05) is 30.3 Å². The average Bonchev–Trinajstić information content (AvgIpc) is 3.06. The van der Waals surface area contributed by atoms with E-state index in [0.717, 1.165) is 31.8 Å². The molecule has 0 bridgehead atoms. The maximum atomic E-state index is 11.7. The lowest BCUT2D eigenvalue weighted by atomic mass is 10.0. The third kappa shape index (κ3) is 3.93. The van der Waals surface area contributed by atoms with E-state index in [1.165, 1.54) is 5.56 Å². The number of carboxylic acid groups (broad SMARTS) is 1. The molecule has 120 valence electrons. The molecule has 5 heteroatoms. The van der Waals surface area contributed by atoms with Gasteiger partial charge < -0.3 is 5.11 Å². The van der Waals surface area contributed by atoms with Crippen LogP contribution >= 0.6 is 0 Å². The molecule has 0 spiro atoms. The van der Waals surface area contributed by atoms with Gasteiger partial charge in [-0.05, 0) is 37.4 Å². The number of aliphatic carboxylic acids is 1. The number of hydrogen-bond acceptors (Lipinski definition) is 4. The van der Waals surface area contributed by atoms with Gasteiger partial charge >= 0.3 is 5.97 Å². The molecule has 0 saturated carbocycles. The van der Waals surface area contributed by atoms with Crippen molar-refractivity contribution in [3.05, 3.63) is 60.2 Å². The number of aromatic nitrogens is 2. The Bertz CT molecular complexity index is 633. The van der Waals surface area contributed by atoms with E-state index >= 15 is 0 Å². The molecule has 1 aliphatic rings. The quantitative estimate of drug-likeness (QED) is 0.887. The van der Waals surface area contributed by atoms with Crippen molar-refractivity contribution in [2.45, 2.75) is 31.2 Å². The minimum absolute atomic E-state index is 0.231. The maximum absolute atomic E-state index is 11.7. The second kappa shape index (κ2) is 7.33. The Kier molecular flexibility index (Phi) is 4.98. The van der Waals surface area contributed by atoms with E-state index < -0.39 is 12.0 Å². The molecule has 1 aromatic heterocycles. The van der Waals surface area contributed by atoms with Crippen molar-refractivity contribution in [2.24, 2.45) is 0 Å². The summed E-state index contributed by atoms with van der Waals surface area (Å²) in [6.07, 6.45) is 5.81. The van der Waals surface area contributed by atoms with Gasteiger partial charge in [0, 0.05) is 24.9 Å². The van der Waals surface area contributed by atoms with Gasteiger partial charge in [-0.3, -0.25) is 9.69 Å². The SMILES string of the molecule is O=C(O)C(CCc1ccccc1)N1CCC(c2ncccn2)C1. The summed E-state index contributed by atoms with van der Waals surface area (Å²) in [7, 11) is 0. The highest BCUT2D eigenvalue weighted by atomic mass is 16.4. The molecule has 0 radical (unpaired) electrons. The third-order valence-corrected chi connectivity index (χ3v) is 4.45. The Labute approximate surface area is 136 Å². The van der Waals surface area contributed by atoms with Crippen molar-refractivity contribution in [3.63, 3.8) is 0 Å². The largest absolute Gasteiger partial charge is 0.480 e. The number of hydrogen-bond donors (Lipinski definition) is 1. The summed E-state index contributed by atoms with van der Waals surface area (Å²) in [5, 5.41) is 9.60. The van der Waals surface area contributed by atoms with Gasteiger partial charge in [0.05, 0.1) is 0 Å². The lowest BCUT2D eigenvalue weighted by Gasteiger charge is -2.24. The maximum Gasteiger partial charge on any atom is 0.320 e. The first-order valence-corrected chi connectivity index (χ1v) is 8.01. The summed E-state index contributed by atoms with van der Waals surface area (Å²) in [5.41, 5.74) is 1.18. The number of rotatable bonds is 6. The molecule has 0 amide bonds. The van der Waals surface area contributed by atoms with E-state index in [0.29, 0.717) is 6.42 Å². The van der Waals surface area contributed by atoms with E-state index in [2.05, 4.69) is 14.9 Å². The molecule has 5 nitrogen and oxygen atoms in total. The zero-order valence-electron chi connectivity index (χ0n) is 13.0. The van der Waals surface area contributed by atoms with E-state index in [9.17, 15) is 9.90 Å². The van der Waals surface area contributed by atoms with Crippen LogP contribution in [0.4, 0.5) is 0 Å². The topological polar surface area (TPSA) is 66.3 Å². The molecule has 2 aromatic rings. The monoisotopic (exact) mass is 311 g/mol. The van der Waals surface area contributed by atoms with Crippen LogP contribution in [0.1, 0.15) is 30.1 Å². The normalized spacial score (nSPS) is 19.6. The van der Waals surface area contributed by atoms with Crippen molar-refractivity contribution in [3.8, 4) is 0 Å². The Morgan fingerprint density at radius 1 is 1.22 bits per heavy atom. The van der Waals surface area contributed by atoms with Gasteiger partial charge in [-0.15, -0.1) is 0 Å². The van der Waals surface area contributed by atoms with Gasteiger partial charge in [0.1, 0.15) is 11.9 Å². The highest BCUT2D eigenvalue weighted by Crippen LogP contribution is 2.27. The fourth-order valence-electron chi connectivity index (χ4n) is 3.21. The zero-order chi connectivity index (χ0) is 16.1. The van der Waals surface area contributed by atoms with Crippen LogP contribution in [0.25, 0.3) is 0 Å². The van der Waals surface area contributed by atoms with Crippen LogP contribution < -0.4 is 0 Å². The van der Waals surface area contributed by atoms with Crippen molar-refractivity contribution in [1.29, 1.82) is 0 Å². The third-order valence-electron chi connectivity index (χ3n) is 4.45. The number of nitrogens with zero attached hydrogens (tertiary/aromatic N) is 3. The summed E-state index contributed by atoms with van der Waals surface area (Å²) < 4.78 is 0. The highest BCUT2D eigenvalue weighted by molar-refractivity contribution is 5.73. The van der Waals surface area contributed by atoms with Crippen molar-refractivity contribution in [2.75, 3.05) is 13.1 Å². The second-order valence-corrected chi connectivity index (χ2v) is 5.97. The predicted molar refractivity (Wildman–Crippen MR) is 87.1 cm³/mol. The summed E-state index contributed by atoms with van der Waals surface area (Å²) in [6, 6.07) is 11.4. The summed E-state index contributed by atoms with van der Waals surface area (Å²) in [5.74, 6) is 0.313. The van der Waals surface area contributed by atoms with Crippen molar-refractivity contribution < 1.29 is 9.90 Å². The van der Waals surface area contributed by atoms with Crippen LogP contribution in [0.2, 0.25) is 0 Å². The van der Waals surface area contributed by atoms with Gasteiger partial charge in [0.25, 0.3) is 0 Å². The second-order valence-electron chi connectivity index (χ2n) is 5.97. The van der Waals surface area contributed by atoms with E-state index in [4.69, 9.17) is 0 Å². The van der Waals surface area contributed by atoms with Crippen molar-refractivity contribution >= 4 is 5.97 Å². The Balaban J connectivity index is 1.62. The first-order chi connectivity index (χ1) is 11.2. The zero-order valence-corrected chi connectivity index (χ0v) is 13.0. The number of aryl methyl sites for hydroxylation is 1. The molecule has 1 fully saturated rings. The van der Waals surface area contributed by atoms with Gasteiger partial charge in [-0.25, -0.2) is 9.97 Å². The minimum Gasteiger partial charge on any atom is -0.480 e. The molecule has 1 N–H and O–H groups in total. The van der Waals surface area contributed by atoms with Gasteiger partial charge in [0.15, 0.2) is 0 Å². The van der Waals surface area contributed by atoms with Crippen molar-refractivity contribution in [1.82, 2.24) is 14.9 Å². The predicted octanol–water partition coefficient (Wildman–Crippen LogP) is 2.35. The summed E-state index contributed by atoms with van der Waals surface area (Å²) in [6.45, 7) is 1.50. The Morgan fingerprint density at radius 2 is 1.96 bits per heavy atom. The molecular weight excluding hydrogens is 290 g/mol. The molecule has 1 saturated heterocycles. The van der Waals surface area contributed by atoms with Crippen LogP contribution in [-0.4, -0.2) is 45.1 Å². The lowest BCUT2D eigenvalue weighted by Crippen LogP contribution is -2.40. The van der Waals surface area contributed by atoms with Gasteiger partial charge in [-0.2, -0.15) is 0 Å². The molecule has 0 aliphatic carbocycles. The van der Waals surface area contributed by atoms with E-state index in [-0.39, 0.29) is 5.92 Å². The molecule has 2 atom stereocenters. The average molecular weight is 311 g/mol. The molecule has 1 aromatic carbocycles. The molecule has 2 unspecified atom stereocenters. The number of benzene rings is 1.